The van der Waals surface area contributed by atoms with Crippen molar-refractivity contribution in [3.05, 3.63) is 34.9 Å². The van der Waals surface area contributed by atoms with Gasteiger partial charge in [-0.1, -0.05) is 31.9 Å². The minimum atomic E-state index is -0.869. The predicted molar refractivity (Wildman–Crippen MR) is 126 cm³/mol. The number of aliphatic hydroxyl groups excluding tert-OH is 1. The molecule has 5 nitrogen and oxygen atoms in total. The first-order valence-electron chi connectivity index (χ1n) is 12.6. The number of carboxylic acid groups (broad SMARTS) is 1. The second-order valence-corrected chi connectivity index (χ2v) is 10.1. The second-order valence-electron chi connectivity index (χ2n) is 10.1. The predicted octanol–water partition coefficient (Wildman–Crippen LogP) is 5.26. The molecule has 1 aromatic rings. The van der Waals surface area contributed by atoms with Gasteiger partial charge in [-0.25, -0.2) is 4.79 Å². The Morgan fingerprint density at radius 1 is 1.22 bits per heavy atom. The summed E-state index contributed by atoms with van der Waals surface area (Å²) in [6.45, 7) is 8.42. The molecule has 2 aliphatic rings. The molecule has 1 aliphatic carbocycles. The van der Waals surface area contributed by atoms with Gasteiger partial charge >= 0.3 is 5.97 Å². The molecule has 1 saturated carbocycles. The molecule has 1 aromatic carbocycles. The van der Waals surface area contributed by atoms with Crippen LogP contribution in [0.4, 0.5) is 0 Å². The second kappa shape index (κ2) is 12.2. The van der Waals surface area contributed by atoms with E-state index in [2.05, 4.69) is 6.92 Å². The molecule has 2 fully saturated rings. The van der Waals surface area contributed by atoms with Crippen molar-refractivity contribution in [2.45, 2.75) is 84.3 Å². The maximum absolute atomic E-state index is 11.1. The Kier molecular flexibility index (Phi) is 9.57. The fourth-order valence-electron chi connectivity index (χ4n) is 5.93. The van der Waals surface area contributed by atoms with Crippen molar-refractivity contribution in [3.63, 3.8) is 0 Å². The third-order valence-corrected chi connectivity index (χ3v) is 7.81. The maximum atomic E-state index is 11.1. The zero-order valence-electron chi connectivity index (χ0n) is 20.1. The first-order chi connectivity index (χ1) is 15.4. The molecule has 6 atom stereocenters. The maximum Gasteiger partial charge on any atom is 0.335 e. The van der Waals surface area contributed by atoms with Crippen molar-refractivity contribution < 1.29 is 24.5 Å². The van der Waals surface area contributed by atoms with Crippen LogP contribution in [0.3, 0.4) is 0 Å². The first-order valence-corrected chi connectivity index (χ1v) is 12.6. The third-order valence-electron chi connectivity index (χ3n) is 7.81. The highest BCUT2D eigenvalue weighted by Gasteiger charge is 2.42. The van der Waals surface area contributed by atoms with Crippen molar-refractivity contribution in [1.29, 1.82) is 0 Å². The number of aryl methyl sites for hydroxylation is 2. The number of rotatable bonds is 11. The summed E-state index contributed by atoms with van der Waals surface area (Å²) in [5.74, 6) is 1.81. The van der Waals surface area contributed by atoms with E-state index in [1.165, 1.54) is 19.3 Å². The van der Waals surface area contributed by atoms with Gasteiger partial charge in [0.1, 0.15) is 0 Å². The number of aromatic carboxylic acids is 1. The quantitative estimate of drug-likeness (QED) is 0.454. The van der Waals surface area contributed by atoms with Crippen LogP contribution < -0.4 is 0 Å². The average Bonchev–Trinajstić information content (AvgIpc) is 2.75. The van der Waals surface area contributed by atoms with Gasteiger partial charge in [0, 0.05) is 13.2 Å². The number of aliphatic hydroxyl groups is 1. The Labute approximate surface area is 193 Å². The van der Waals surface area contributed by atoms with Crippen LogP contribution in [0.15, 0.2) is 18.2 Å². The molecule has 1 aliphatic heterocycles. The van der Waals surface area contributed by atoms with Gasteiger partial charge in [0.15, 0.2) is 0 Å². The smallest absolute Gasteiger partial charge is 0.335 e. The van der Waals surface area contributed by atoms with Crippen molar-refractivity contribution in [1.82, 2.24) is 0 Å². The molecule has 0 radical (unpaired) electrons. The molecule has 32 heavy (non-hydrogen) atoms. The molecular weight excluding hydrogens is 404 g/mol. The van der Waals surface area contributed by atoms with Crippen molar-refractivity contribution >= 4 is 5.97 Å². The number of ether oxygens (including phenoxy) is 2. The van der Waals surface area contributed by atoms with E-state index < -0.39 is 5.97 Å². The zero-order chi connectivity index (χ0) is 23.1. The normalized spacial score (nSPS) is 28.8. The standard InChI is InChI=1S/C27H42O5/c1-18-16-21(10-12-23(18)27(29)30)6-5-14-31-15-13-26-20(3)24-8-4-7-22(11-9-19(2)28)25(24)17-32-26/h10,12,16,19-20,22,24-26,28H,4-9,11,13-15,17H2,1-3H3,(H,29,30)/t19?,20-,22-,24+,25?,26-/m1/s1. The van der Waals surface area contributed by atoms with E-state index in [-0.39, 0.29) is 12.2 Å². The SMILES string of the molecule is Cc1cc(CCCOCC[C@H]2OCC3[C@@H](CCC(C)O)CCC[C@H]3[C@H]2C)ccc1C(=O)O. The van der Waals surface area contributed by atoms with E-state index in [4.69, 9.17) is 14.6 Å². The molecule has 180 valence electrons. The number of fused-ring (bicyclic) bond motifs is 1. The molecule has 0 amide bonds. The molecule has 1 saturated heterocycles. The lowest BCUT2D eigenvalue weighted by Gasteiger charge is -2.48. The topological polar surface area (TPSA) is 76.0 Å². The average molecular weight is 447 g/mol. The number of hydrogen-bond acceptors (Lipinski definition) is 4. The van der Waals surface area contributed by atoms with Crippen molar-refractivity contribution in [2.75, 3.05) is 19.8 Å². The Morgan fingerprint density at radius 2 is 2.03 bits per heavy atom. The Hall–Kier alpha value is -1.43. The van der Waals surface area contributed by atoms with Crippen LogP contribution in [-0.4, -0.2) is 48.2 Å². The van der Waals surface area contributed by atoms with Gasteiger partial charge in [0.25, 0.3) is 0 Å². The van der Waals surface area contributed by atoms with E-state index in [1.807, 2.05) is 26.0 Å². The molecule has 2 unspecified atom stereocenters. The Bertz CT molecular complexity index is 731. The molecule has 0 aromatic heterocycles. The summed E-state index contributed by atoms with van der Waals surface area (Å²) in [4.78, 5) is 11.1. The van der Waals surface area contributed by atoms with Gasteiger partial charge in [0.2, 0.25) is 0 Å². The van der Waals surface area contributed by atoms with Gasteiger partial charge in [-0.2, -0.15) is 0 Å². The fourth-order valence-corrected chi connectivity index (χ4v) is 5.93. The molecular formula is C27H42O5. The van der Waals surface area contributed by atoms with Crippen LogP contribution in [0.2, 0.25) is 0 Å². The highest BCUT2D eigenvalue weighted by atomic mass is 16.5. The monoisotopic (exact) mass is 446 g/mol. The molecule has 0 spiro atoms. The van der Waals surface area contributed by atoms with Crippen LogP contribution in [0.25, 0.3) is 0 Å². The Balaban J connectivity index is 1.35. The van der Waals surface area contributed by atoms with Gasteiger partial charge in [-0.3, -0.25) is 0 Å². The zero-order valence-corrected chi connectivity index (χ0v) is 20.1. The lowest BCUT2D eigenvalue weighted by Crippen LogP contribution is -2.46. The number of carbonyl (C=O) groups is 1. The van der Waals surface area contributed by atoms with Gasteiger partial charge in [-0.15, -0.1) is 0 Å². The van der Waals surface area contributed by atoms with E-state index in [9.17, 15) is 9.90 Å². The van der Waals surface area contributed by atoms with E-state index >= 15 is 0 Å². The van der Waals surface area contributed by atoms with E-state index in [1.54, 1.807) is 6.07 Å². The highest BCUT2D eigenvalue weighted by molar-refractivity contribution is 5.89. The summed E-state index contributed by atoms with van der Waals surface area (Å²) < 4.78 is 12.2. The minimum absolute atomic E-state index is 0.199. The van der Waals surface area contributed by atoms with Crippen LogP contribution in [0, 0.1) is 30.6 Å². The summed E-state index contributed by atoms with van der Waals surface area (Å²) in [6.07, 6.45) is 8.82. The minimum Gasteiger partial charge on any atom is -0.478 e. The first kappa shape index (κ1) is 25.2. The van der Waals surface area contributed by atoms with E-state index in [0.717, 1.165) is 62.4 Å². The van der Waals surface area contributed by atoms with Crippen molar-refractivity contribution in [3.8, 4) is 0 Å². The van der Waals surface area contributed by atoms with Gasteiger partial charge in [-0.05, 0) is 93.2 Å². The summed E-state index contributed by atoms with van der Waals surface area (Å²) in [7, 11) is 0. The van der Waals surface area contributed by atoms with Gasteiger partial charge in [0.05, 0.1) is 24.4 Å². The molecule has 3 rings (SSSR count). The van der Waals surface area contributed by atoms with Crippen LogP contribution in [0.1, 0.15) is 80.3 Å². The van der Waals surface area contributed by atoms with Crippen LogP contribution in [-0.2, 0) is 15.9 Å². The van der Waals surface area contributed by atoms with Crippen LogP contribution in [0.5, 0.6) is 0 Å². The lowest BCUT2D eigenvalue weighted by atomic mass is 9.64. The van der Waals surface area contributed by atoms with Crippen molar-refractivity contribution in [2.24, 2.45) is 23.7 Å². The number of hydrogen-bond donors (Lipinski definition) is 2. The Morgan fingerprint density at radius 3 is 2.75 bits per heavy atom. The lowest BCUT2D eigenvalue weighted by molar-refractivity contribution is -0.125. The van der Waals surface area contributed by atoms with E-state index in [0.29, 0.717) is 29.9 Å². The molecule has 1 heterocycles. The molecule has 5 heteroatoms. The number of benzene rings is 1. The van der Waals surface area contributed by atoms with Gasteiger partial charge < -0.3 is 19.7 Å². The van der Waals surface area contributed by atoms with Crippen LogP contribution >= 0.6 is 0 Å². The third kappa shape index (κ3) is 6.79. The number of carboxylic acids is 1. The highest BCUT2D eigenvalue weighted by Crippen LogP contribution is 2.46. The summed E-state index contributed by atoms with van der Waals surface area (Å²) in [6, 6.07) is 5.57. The summed E-state index contributed by atoms with van der Waals surface area (Å²) in [5.41, 5.74) is 2.35. The fraction of sp³-hybridized carbons (Fsp3) is 0.741. The summed E-state index contributed by atoms with van der Waals surface area (Å²) >= 11 is 0. The largest absolute Gasteiger partial charge is 0.478 e. The molecule has 0 bridgehead atoms. The summed E-state index contributed by atoms with van der Waals surface area (Å²) in [5, 5.41) is 18.8. The molecule has 2 N–H and O–H groups in total.